The van der Waals surface area contributed by atoms with Gasteiger partial charge in [-0.3, -0.25) is 9.69 Å². The molecule has 0 spiro atoms. The number of nitrogens with one attached hydrogen (secondary N) is 1. The molecule has 0 radical (unpaired) electrons. The molecule has 4 nitrogen and oxygen atoms in total. The van der Waals surface area contributed by atoms with Crippen molar-refractivity contribution in [3.05, 3.63) is 81.8 Å². The quantitative estimate of drug-likeness (QED) is 0.517. The van der Waals surface area contributed by atoms with E-state index >= 15 is 0 Å². The number of benzene rings is 2. The van der Waals surface area contributed by atoms with Crippen molar-refractivity contribution in [1.82, 2.24) is 14.5 Å². The molecular weight excluding hydrogens is 358 g/mol. The second-order valence-corrected chi connectivity index (χ2v) is 8.23. The van der Waals surface area contributed by atoms with Gasteiger partial charge < -0.3 is 9.55 Å². The van der Waals surface area contributed by atoms with Crippen LogP contribution in [-0.2, 0) is 26.4 Å². The summed E-state index contributed by atoms with van der Waals surface area (Å²) in [6.45, 7) is 3.37. The van der Waals surface area contributed by atoms with Crippen LogP contribution in [0.1, 0.15) is 29.7 Å². The lowest BCUT2D eigenvalue weighted by Gasteiger charge is -2.28. The zero-order valence-corrected chi connectivity index (χ0v) is 16.9. The molecule has 4 aromatic rings. The van der Waals surface area contributed by atoms with E-state index in [0.717, 1.165) is 43.4 Å². The lowest BCUT2D eigenvalue weighted by atomic mass is 10.0. The molecule has 2 aromatic heterocycles. The summed E-state index contributed by atoms with van der Waals surface area (Å²) in [5, 5.41) is 2.55. The van der Waals surface area contributed by atoms with Crippen LogP contribution >= 0.6 is 0 Å². The zero-order valence-electron chi connectivity index (χ0n) is 16.9. The fourth-order valence-electron chi connectivity index (χ4n) is 4.78. The number of para-hydroxylation sites is 1. The first-order valence-electron chi connectivity index (χ1n) is 10.6. The maximum absolute atomic E-state index is 11.4. The van der Waals surface area contributed by atoms with Crippen LogP contribution in [0.4, 0.5) is 0 Å². The van der Waals surface area contributed by atoms with E-state index in [2.05, 4.69) is 57.9 Å². The standard InChI is InChI=1S/C25H27N3O/c1-27-23-8-3-2-7-20(23)21-13-15-28(17-24(21)27)14-5-4-6-18-9-11-22-19(16-18)10-12-25(29)26-22/h2-3,7-12,16H,4-6,13-15,17H2,1H3,(H,26,29). The van der Waals surface area contributed by atoms with Gasteiger partial charge in [0.2, 0.25) is 5.56 Å². The number of pyridine rings is 1. The topological polar surface area (TPSA) is 41.0 Å². The third-order valence-corrected chi connectivity index (χ3v) is 6.37. The summed E-state index contributed by atoms with van der Waals surface area (Å²) in [6.07, 6.45) is 4.64. The molecule has 1 aliphatic heterocycles. The Morgan fingerprint density at radius 2 is 1.93 bits per heavy atom. The van der Waals surface area contributed by atoms with Crippen LogP contribution in [0, 0.1) is 0 Å². The molecule has 0 amide bonds. The van der Waals surface area contributed by atoms with Crippen molar-refractivity contribution < 1.29 is 0 Å². The van der Waals surface area contributed by atoms with E-state index in [-0.39, 0.29) is 5.56 Å². The fraction of sp³-hybridized carbons (Fsp3) is 0.320. The van der Waals surface area contributed by atoms with Crippen LogP contribution in [-0.4, -0.2) is 27.5 Å². The Labute approximate surface area is 170 Å². The molecule has 1 aliphatic rings. The Hall–Kier alpha value is -2.85. The maximum atomic E-state index is 11.4. The highest BCUT2D eigenvalue weighted by atomic mass is 16.1. The van der Waals surface area contributed by atoms with Gasteiger partial charge in [-0.25, -0.2) is 0 Å². The van der Waals surface area contributed by atoms with Crippen LogP contribution in [0.15, 0.2) is 59.4 Å². The second-order valence-electron chi connectivity index (χ2n) is 8.23. The van der Waals surface area contributed by atoms with Gasteiger partial charge in [-0.05, 0) is 73.0 Å². The van der Waals surface area contributed by atoms with Gasteiger partial charge in [0.05, 0.1) is 0 Å². The van der Waals surface area contributed by atoms with Gasteiger partial charge in [0.15, 0.2) is 0 Å². The SMILES string of the molecule is Cn1c2c(c3ccccc31)CCN(CCCCc1ccc3[nH]c(=O)ccc3c1)C2. The first kappa shape index (κ1) is 18.2. The molecule has 0 aliphatic carbocycles. The molecule has 0 fully saturated rings. The van der Waals surface area contributed by atoms with Gasteiger partial charge >= 0.3 is 0 Å². The van der Waals surface area contributed by atoms with E-state index in [1.54, 1.807) is 11.6 Å². The lowest BCUT2D eigenvalue weighted by molar-refractivity contribution is 0.243. The van der Waals surface area contributed by atoms with E-state index in [0.29, 0.717) is 0 Å². The van der Waals surface area contributed by atoms with Crippen LogP contribution in [0.5, 0.6) is 0 Å². The predicted molar refractivity (Wildman–Crippen MR) is 119 cm³/mol. The Balaban J connectivity index is 1.19. The number of H-pyrrole nitrogens is 1. The average Bonchev–Trinajstić information content (AvgIpc) is 3.03. The first-order chi connectivity index (χ1) is 14.2. The number of fused-ring (bicyclic) bond motifs is 4. The summed E-state index contributed by atoms with van der Waals surface area (Å²) < 4.78 is 2.39. The third kappa shape index (κ3) is 3.49. The summed E-state index contributed by atoms with van der Waals surface area (Å²) in [4.78, 5) is 16.9. The summed E-state index contributed by atoms with van der Waals surface area (Å²) >= 11 is 0. The molecule has 29 heavy (non-hydrogen) atoms. The van der Waals surface area contributed by atoms with Crippen molar-refractivity contribution in [1.29, 1.82) is 0 Å². The van der Waals surface area contributed by atoms with E-state index in [1.165, 1.54) is 35.0 Å². The average molecular weight is 386 g/mol. The number of aromatic amines is 1. The summed E-state index contributed by atoms with van der Waals surface area (Å²) in [5.74, 6) is 0. The molecular formula is C25H27N3O. The third-order valence-electron chi connectivity index (χ3n) is 6.37. The van der Waals surface area contributed by atoms with Crippen molar-refractivity contribution in [2.24, 2.45) is 7.05 Å². The van der Waals surface area contributed by atoms with Crippen molar-refractivity contribution >= 4 is 21.8 Å². The van der Waals surface area contributed by atoms with Gasteiger partial charge in [0.25, 0.3) is 0 Å². The lowest BCUT2D eigenvalue weighted by Crippen LogP contribution is -2.32. The molecule has 148 valence electrons. The number of aryl methyl sites for hydroxylation is 2. The van der Waals surface area contributed by atoms with Gasteiger partial charge in [-0.2, -0.15) is 0 Å². The number of hydrogen-bond acceptors (Lipinski definition) is 2. The molecule has 5 rings (SSSR count). The molecule has 0 bridgehead atoms. The number of hydrogen-bond donors (Lipinski definition) is 1. The summed E-state index contributed by atoms with van der Waals surface area (Å²) in [5.41, 5.74) is 6.62. The van der Waals surface area contributed by atoms with E-state index in [9.17, 15) is 4.79 Å². The van der Waals surface area contributed by atoms with Gasteiger partial charge in [0, 0.05) is 48.3 Å². The van der Waals surface area contributed by atoms with Gasteiger partial charge in [-0.15, -0.1) is 0 Å². The number of aromatic nitrogens is 2. The molecule has 2 aromatic carbocycles. The molecule has 3 heterocycles. The normalized spacial score (nSPS) is 14.5. The Kier molecular flexibility index (Phi) is 4.72. The Bertz CT molecular complexity index is 1230. The minimum Gasteiger partial charge on any atom is -0.346 e. The highest BCUT2D eigenvalue weighted by molar-refractivity contribution is 5.85. The summed E-state index contributed by atoms with van der Waals surface area (Å²) in [6, 6.07) is 18.7. The monoisotopic (exact) mass is 385 g/mol. The van der Waals surface area contributed by atoms with Gasteiger partial charge in [-0.1, -0.05) is 24.3 Å². The van der Waals surface area contributed by atoms with Crippen LogP contribution in [0.2, 0.25) is 0 Å². The predicted octanol–water partition coefficient (Wildman–Crippen LogP) is 4.40. The minimum absolute atomic E-state index is 0.0407. The number of rotatable bonds is 5. The Morgan fingerprint density at radius 3 is 2.86 bits per heavy atom. The van der Waals surface area contributed by atoms with Crippen molar-refractivity contribution in [2.45, 2.75) is 32.2 Å². The minimum atomic E-state index is -0.0407. The van der Waals surface area contributed by atoms with Crippen LogP contribution < -0.4 is 5.56 Å². The van der Waals surface area contributed by atoms with Crippen LogP contribution in [0.25, 0.3) is 21.8 Å². The number of nitrogens with zero attached hydrogens (tertiary/aromatic N) is 2. The highest BCUT2D eigenvalue weighted by Crippen LogP contribution is 2.30. The maximum Gasteiger partial charge on any atom is 0.248 e. The van der Waals surface area contributed by atoms with Crippen LogP contribution in [0.3, 0.4) is 0 Å². The van der Waals surface area contributed by atoms with Crippen molar-refractivity contribution in [3.8, 4) is 0 Å². The van der Waals surface area contributed by atoms with E-state index < -0.39 is 0 Å². The van der Waals surface area contributed by atoms with E-state index in [1.807, 2.05) is 12.1 Å². The largest absolute Gasteiger partial charge is 0.346 e. The number of unbranched alkanes of at least 4 members (excludes halogenated alkanes) is 1. The molecule has 4 heteroatoms. The molecule has 0 saturated heterocycles. The summed E-state index contributed by atoms with van der Waals surface area (Å²) in [7, 11) is 2.21. The fourth-order valence-corrected chi connectivity index (χ4v) is 4.78. The molecule has 1 N–H and O–H groups in total. The Morgan fingerprint density at radius 1 is 1.03 bits per heavy atom. The second kappa shape index (κ2) is 7.53. The first-order valence-corrected chi connectivity index (χ1v) is 10.6. The zero-order chi connectivity index (χ0) is 19.8. The molecule has 0 unspecified atom stereocenters. The van der Waals surface area contributed by atoms with Gasteiger partial charge in [0.1, 0.15) is 0 Å². The smallest absolute Gasteiger partial charge is 0.248 e. The van der Waals surface area contributed by atoms with Crippen molar-refractivity contribution in [2.75, 3.05) is 13.1 Å². The molecule has 0 saturated carbocycles. The van der Waals surface area contributed by atoms with E-state index in [4.69, 9.17) is 0 Å². The van der Waals surface area contributed by atoms with Crippen molar-refractivity contribution in [3.63, 3.8) is 0 Å². The highest BCUT2D eigenvalue weighted by Gasteiger charge is 2.22. The molecule has 0 atom stereocenters.